The van der Waals surface area contributed by atoms with Crippen LogP contribution in [0.2, 0.25) is 0 Å². The van der Waals surface area contributed by atoms with Crippen molar-refractivity contribution in [2.45, 2.75) is 13.0 Å². The number of thioether (sulfide) groups is 1. The Labute approximate surface area is 68.7 Å². The third kappa shape index (κ3) is 1.77. The first kappa shape index (κ1) is 7.15. The van der Waals surface area contributed by atoms with E-state index >= 15 is 0 Å². The lowest BCUT2D eigenvalue weighted by Crippen LogP contribution is -2.32. The topological polar surface area (TPSA) is 3.24 Å². The quantitative estimate of drug-likeness (QED) is 0.471. The van der Waals surface area contributed by atoms with Gasteiger partial charge in [0.25, 0.3) is 0 Å². The molecule has 0 amide bonds. The van der Waals surface area contributed by atoms with Gasteiger partial charge in [-0.3, -0.25) is 0 Å². The lowest BCUT2D eigenvalue weighted by Gasteiger charge is -2.26. The van der Waals surface area contributed by atoms with Crippen molar-refractivity contribution in [3.05, 3.63) is 0 Å². The van der Waals surface area contributed by atoms with Gasteiger partial charge in [-0.2, -0.15) is 11.8 Å². The number of hydrogen-bond donors (Lipinski definition) is 0. The molecule has 1 atom stereocenters. The van der Waals surface area contributed by atoms with Gasteiger partial charge in [-0.1, -0.05) is 0 Å². The molecule has 1 fully saturated rings. The van der Waals surface area contributed by atoms with Crippen LogP contribution in [0.1, 0.15) is 6.92 Å². The van der Waals surface area contributed by atoms with Crippen LogP contribution in [0.25, 0.3) is 0 Å². The molecular weight excluding hydrogens is 233 g/mol. The zero-order chi connectivity index (χ0) is 5.98. The number of halogens is 1. The van der Waals surface area contributed by atoms with Crippen molar-refractivity contribution in [1.29, 1.82) is 0 Å². The summed E-state index contributed by atoms with van der Waals surface area (Å²) in [5, 5.41) is 0. The second-order valence-electron chi connectivity index (χ2n) is 2.05. The van der Waals surface area contributed by atoms with Crippen LogP contribution < -0.4 is 0 Å². The summed E-state index contributed by atoms with van der Waals surface area (Å²) in [6, 6.07) is 0.786. The zero-order valence-corrected chi connectivity index (χ0v) is 7.91. The van der Waals surface area contributed by atoms with E-state index in [0.717, 1.165) is 6.04 Å². The van der Waals surface area contributed by atoms with Gasteiger partial charge in [0.15, 0.2) is 0 Å². The molecule has 0 aromatic rings. The first-order valence-electron chi connectivity index (χ1n) is 2.81. The summed E-state index contributed by atoms with van der Waals surface area (Å²) in [4.78, 5) is 0. The van der Waals surface area contributed by atoms with Gasteiger partial charge in [-0.05, 0) is 6.92 Å². The summed E-state index contributed by atoms with van der Waals surface area (Å²) in [7, 11) is 0. The molecule has 0 spiro atoms. The molecule has 1 saturated heterocycles. The molecular formula is C5H10INS. The maximum absolute atomic E-state index is 2.40. The van der Waals surface area contributed by atoms with E-state index in [0.29, 0.717) is 0 Å². The molecule has 0 aliphatic carbocycles. The van der Waals surface area contributed by atoms with Crippen LogP contribution in [-0.2, 0) is 0 Å². The molecule has 1 heterocycles. The summed E-state index contributed by atoms with van der Waals surface area (Å²) in [6.07, 6.45) is 0. The van der Waals surface area contributed by atoms with Crippen LogP contribution in [0.5, 0.6) is 0 Å². The number of hydrogen-bond acceptors (Lipinski definition) is 2. The Morgan fingerprint density at radius 2 is 2.50 bits per heavy atom. The largest absolute Gasteiger partial charge is 0.243 e. The minimum absolute atomic E-state index is 0.786. The summed E-state index contributed by atoms with van der Waals surface area (Å²) in [5.41, 5.74) is 0. The Morgan fingerprint density at radius 3 is 2.88 bits per heavy atom. The molecule has 0 bridgehead atoms. The highest BCUT2D eigenvalue weighted by Crippen LogP contribution is 2.18. The fourth-order valence-electron chi connectivity index (χ4n) is 0.707. The van der Waals surface area contributed by atoms with Gasteiger partial charge in [0.2, 0.25) is 0 Å². The summed E-state index contributed by atoms with van der Waals surface area (Å²) in [6.45, 7) is 3.53. The van der Waals surface area contributed by atoms with Gasteiger partial charge >= 0.3 is 0 Å². The second kappa shape index (κ2) is 3.27. The number of nitrogens with zero attached hydrogens (tertiary/aromatic N) is 1. The first-order chi connectivity index (χ1) is 3.80. The Bertz CT molecular complexity index is 68.8. The third-order valence-electron chi connectivity index (χ3n) is 1.29. The second-order valence-corrected chi connectivity index (χ2v) is 4.44. The molecule has 0 saturated carbocycles. The molecule has 8 heavy (non-hydrogen) atoms. The van der Waals surface area contributed by atoms with Crippen LogP contribution in [0, 0.1) is 0 Å². The average Bonchev–Trinajstić information content (AvgIpc) is 1.77. The molecule has 0 radical (unpaired) electrons. The molecule has 3 heteroatoms. The van der Waals surface area contributed by atoms with E-state index in [2.05, 4.69) is 44.7 Å². The van der Waals surface area contributed by atoms with E-state index in [1.165, 1.54) is 18.1 Å². The monoisotopic (exact) mass is 243 g/mol. The SMILES string of the molecule is CC1CSCCN1I. The normalized spacial score (nSPS) is 33.0. The van der Waals surface area contributed by atoms with Crippen molar-refractivity contribution >= 4 is 34.6 Å². The van der Waals surface area contributed by atoms with Crippen LogP contribution in [-0.4, -0.2) is 27.2 Å². The van der Waals surface area contributed by atoms with Crippen LogP contribution in [0.3, 0.4) is 0 Å². The Balaban J connectivity index is 2.28. The van der Waals surface area contributed by atoms with E-state index < -0.39 is 0 Å². The minimum Gasteiger partial charge on any atom is -0.243 e. The maximum Gasteiger partial charge on any atom is 0.0256 e. The maximum atomic E-state index is 2.40. The van der Waals surface area contributed by atoms with E-state index in [9.17, 15) is 0 Å². The van der Waals surface area contributed by atoms with Crippen molar-refractivity contribution in [2.24, 2.45) is 0 Å². The van der Waals surface area contributed by atoms with Gasteiger partial charge in [-0.15, -0.1) is 0 Å². The average molecular weight is 243 g/mol. The molecule has 48 valence electrons. The first-order valence-corrected chi connectivity index (χ1v) is 4.93. The standard InChI is InChI=1S/C5H10INS/c1-5-4-8-3-2-7(5)6/h5H,2-4H2,1H3. The molecule has 1 rings (SSSR count). The highest BCUT2D eigenvalue weighted by Gasteiger charge is 2.14. The fraction of sp³-hybridized carbons (Fsp3) is 1.00. The lowest BCUT2D eigenvalue weighted by molar-refractivity contribution is 0.449. The molecule has 0 N–H and O–H groups in total. The van der Waals surface area contributed by atoms with Crippen LogP contribution >= 0.6 is 34.6 Å². The smallest absolute Gasteiger partial charge is 0.0256 e. The molecule has 1 aliphatic heterocycles. The van der Waals surface area contributed by atoms with Gasteiger partial charge < -0.3 is 0 Å². The van der Waals surface area contributed by atoms with Gasteiger partial charge in [0.1, 0.15) is 0 Å². The van der Waals surface area contributed by atoms with Crippen molar-refractivity contribution in [2.75, 3.05) is 18.1 Å². The van der Waals surface area contributed by atoms with E-state index in [1.54, 1.807) is 0 Å². The summed E-state index contributed by atoms with van der Waals surface area (Å²) in [5.74, 6) is 2.62. The molecule has 1 nitrogen and oxygen atoms in total. The van der Waals surface area contributed by atoms with Gasteiger partial charge in [0, 0.05) is 47.0 Å². The summed E-state index contributed by atoms with van der Waals surface area (Å²) >= 11 is 4.46. The number of rotatable bonds is 0. The van der Waals surface area contributed by atoms with Crippen molar-refractivity contribution in [3.63, 3.8) is 0 Å². The molecule has 0 aromatic heterocycles. The Hall–Kier alpha value is 1.04. The highest BCUT2D eigenvalue weighted by molar-refractivity contribution is 14.1. The predicted molar refractivity (Wildman–Crippen MR) is 47.5 cm³/mol. The molecule has 1 aliphatic rings. The molecule has 1 unspecified atom stereocenters. The fourth-order valence-corrected chi connectivity index (χ4v) is 2.75. The predicted octanol–water partition coefficient (Wildman–Crippen LogP) is 1.77. The lowest BCUT2D eigenvalue weighted by atomic mass is 10.4. The summed E-state index contributed by atoms with van der Waals surface area (Å²) < 4.78 is 2.38. The Kier molecular flexibility index (Phi) is 2.92. The molecule has 0 aromatic carbocycles. The van der Waals surface area contributed by atoms with Crippen LogP contribution in [0.15, 0.2) is 0 Å². The van der Waals surface area contributed by atoms with Crippen molar-refractivity contribution in [3.8, 4) is 0 Å². The van der Waals surface area contributed by atoms with Crippen molar-refractivity contribution in [1.82, 2.24) is 3.11 Å². The van der Waals surface area contributed by atoms with E-state index in [4.69, 9.17) is 0 Å². The van der Waals surface area contributed by atoms with E-state index in [-0.39, 0.29) is 0 Å². The zero-order valence-electron chi connectivity index (χ0n) is 4.93. The third-order valence-corrected chi connectivity index (χ3v) is 3.91. The minimum atomic E-state index is 0.786. The van der Waals surface area contributed by atoms with Crippen molar-refractivity contribution < 1.29 is 0 Å². The Morgan fingerprint density at radius 1 is 1.75 bits per heavy atom. The highest BCUT2D eigenvalue weighted by atomic mass is 127. The van der Waals surface area contributed by atoms with Gasteiger partial charge in [0.05, 0.1) is 0 Å². The van der Waals surface area contributed by atoms with E-state index in [1.807, 2.05) is 0 Å². The van der Waals surface area contributed by atoms with Gasteiger partial charge in [-0.25, -0.2) is 3.11 Å². The van der Waals surface area contributed by atoms with Crippen LogP contribution in [0.4, 0.5) is 0 Å².